The Labute approximate surface area is 163 Å². The minimum atomic E-state index is -0.742. The first-order valence-electron chi connectivity index (χ1n) is 8.41. The molecule has 1 amide bonds. The summed E-state index contributed by atoms with van der Waals surface area (Å²) in [5.74, 6) is -1.01. The number of hydrogen-bond donors (Lipinski definition) is 3. The average molecular weight is 399 g/mol. The molecule has 0 bridgehead atoms. The van der Waals surface area contributed by atoms with E-state index in [1.54, 1.807) is 0 Å². The number of amides is 1. The van der Waals surface area contributed by atoms with Crippen LogP contribution in [0.5, 0.6) is 0 Å². The lowest BCUT2D eigenvalue weighted by molar-refractivity contribution is 0.0947. The van der Waals surface area contributed by atoms with Crippen molar-refractivity contribution in [2.75, 3.05) is 12.3 Å². The lowest BCUT2D eigenvalue weighted by Gasteiger charge is -2.19. The highest BCUT2D eigenvalue weighted by Crippen LogP contribution is 2.33. The number of fused-ring (bicyclic) bond motifs is 2. The first-order chi connectivity index (χ1) is 13.5. The molecule has 0 saturated heterocycles. The van der Waals surface area contributed by atoms with Crippen molar-refractivity contribution in [1.82, 2.24) is 20.6 Å². The SMILES string of the molecule is C=C1NC(SCCNC(=O)c2nc3ccccc3[nH]2)=Nc2c(F)cc(F)cc21. The van der Waals surface area contributed by atoms with Crippen LogP contribution in [0.4, 0.5) is 14.5 Å². The number of carbonyl (C=O) groups excluding carboxylic acids is 1. The Hall–Kier alpha value is -3.20. The zero-order chi connectivity index (χ0) is 19.7. The van der Waals surface area contributed by atoms with Crippen molar-refractivity contribution >= 4 is 45.3 Å². The Morgan fingerprint density at radius 3 is 2.89 bits per heavy atom. The molecule has 2 aromatic carbocycles. The summed E-state index contributed by atoms with van der Waals surface area (Å²) >= 11 is 1.29. The van der Waals surface area contributed by atoms with E-state index >= 15 is 0 Å². The fraction of sp³-hybridized carbons (Fsp3) is 0.105. The quantitative estimate of drug-likeness (QED) is 0.586. The number of aromatic amines is 1. The number of halogens is 2. The van der Waals surface area contributed by atoms with Gasteiger partial charge in [0.1, 0.15) is 11.5 Å². The van der Waals surface area contributed by atoms with E-state index in [-0.39, 0.29) is 17.4 Å². The Morgan fingerprint density at radius 1 is 1.25 bits per heavy atom. The van der Waals surface area contributed by atoms with Gasteiger partial charge >= 0.3 is 0 Å². The summed E-state index contributed by atoms with van der Waals surface area (Å²) in [5, 5.41) is 6.12. The largest absolute Gasteiger partial charge is 0.349 e. The second kappa shape index (κ2) is 7.43. The molecule has 3 N–H and O–H groups in total. The second-order valence-electron chi connectivity index (χ2n) is 6.01. The number of hydrogen-bond acceptors (Lipinski definition) is 5. The third-order valence-corrected chi connectivity index (χ3v) is 4.93. The van der Waals surface area contributed by atoms with Gasteiger partial charge in [-0.15, -0.1) is 0 Å². The van der Waals surface area contributed by atoms with Crippen LogP contribution in [0, 0.1) is 11.6 Å². The maximum absolute atomic E-state index is 14.0. The number of H-pyrrole nitrogens is 1. The molecule has 1 aromatic heterocycles. The maximum atomic E-state index is 14.0. The van der Waals surface area contributed by atoms with E-state index in [1.165, 1.54) is 17.8 Å². The van der Waals surface area contributed by atoms with Crippen molar-refractivity contribution < 1.29 is 13.6 Å². The third-order valence-electron chi connectivity index (χ3n) is 4.06. The Bertz CT molecular complexity index is 1090. The van der Waals surface area contributed by atoms with Crippen molar-refractivity contribution in [2.24, 2.45) is 4.99 Å². The molecule has 0 atom stereocenters. The molecular formula is C19H15F2N5OS. The molecule has 2 heterocycles. The van der Waals surface area contributed by atoms with Crippen LogP contribution in [0.2, 0.25) is 0 Å². The summed E-state index contributed by atoms with van der Waals surface area (Å²) in [6.45, 7) is 4.14. The number of nitrogens with one attached hydrogen (secondary N) is 3. The standard InChI is InChI=1S/C19H15F2N5OS/c1-10-12-8-11(20)9-13(21)16(12)26-19(23-10)28-7-6-22-18(27)17-24-14-4-2-3-5-15(14)25-17/h2-5,8-9H,1,6-7H2,(H,22,27)(H,23,26)(H,24,25). The number of aliphatic imine (C=N–C) groups is 1. The number of nitrogens with zero attached hydrogens (tertiary/aromatic N) is 2. The van der Waals surface area contributed by atoms with Gasteiger partial charge in [-0.2, -0.15) is 0 Å². The van der Waals surface area contributed by atoms with Crippen LogP contribution < -0.4 is 10.6 Å². The van der Waals surface area contributed by atoms with Crippen LogP contribution in [0.3, 0.4) is 0 Å². The molecule has 0 unspecified atom stereocenters. The van der Waals surface area contributed by atoms with Gasteiger partial charge in [0.25, 0.3) is 5.91 Å². The van der Waals surface area contributed by atoms with Crippen molar-refractivity contribution in [3.8, 4) is 0 Å². The molecule has 6 nitrogen and oxygen atoms in total. The van der Waals surface area contributed by atoms with Gasteiger partial charge in [0.05, 0.1) is 11.0 Å². The zero-order valence-electron chi connectivity index (χ0n) is 14.6. The molecule has 9 heteroatoms. The van der Waals surface area contributed by atoms with Crippen LogP contribution in [-0.4, -0.2) is 33.3 Å². The number of aromatic nitrogens is 2. The average Bonchev–Trinajstić information content (AvgIpc) is 3.10. The van der Waals surface area contributed by atoms with E-state index in [0.29, 0.717) is 28.7 Å². The maximum Gasteiger partial charge on any atom is 0.287 e. The van der Waals surface area contributed by atoms with Crippen LogP contribution in [0.15, 0.2) is 48.0 Å². The van der Waals surface area contributed by atoms with Gasteiger partial charge in [0, 0.05) is 29.6 Å². The van der Waals surface area contributed by atoms with Gasteiger partial charge in [-0.1, -0.05) is 30.5 Å². The predicted octanol–water partition coefficient (Wildman–Crippen LogP) is 3.57. The van der Waals surface area contributed by atoms with Gasteiger partial charge in [-0.25, -0.2) is 18.8 Å². The minimum absolute atomic E-state index is 0.0546. The normalized spacial score (nSPS) is 13.1. The fourth-order valence-electron chi connectivity index (χ4n) is 2.76. The highest BCUT2D eigenvalue weighted by Gasteiger charge is 2.20. The minimum Gasteiger partial charge on any atom is -0.349 e. The summed E-state index contributed by atoms with van der Waals surface area (Å²) in [4.78, 5) is 23.6. The summed E-state index contributed by atoms with van der Waals surface area (Å²) in [6.07, 6.45) is 0. The number of para-hydroxylation sites is 2. The molecule has 4 rings (SSSR count). The molecule has 0 aliphatic carbocycles. The van der Waals surface area contributed by atoms with E-state index in [4.69, 9.17) is 0 Å². The van der Waals surface area contributed by atoms with Crippen molar-refractivity contribution in [1.29, 1.82) is 0 Å². The number of carbonyl (C=O) groups is 1. The number of amidine groups is 1. The summed E-state index contributed by atoms with van der Waals surface area (Å²) in [6, 6.07) is 9.35. The molecule has 28 heavy (non-hydrogen) atoms. The fourth-order valence-corrected chi connectivity index (χ4v) is 3.51. The summed E-state index contributed by atoms with van der Waals surface area (Å²) in [5.41, 5.74) is 2.23. The smallest absolute Gasteiger partial charge is 0.287 e. The van der Waals surface area contributed by atoms with Gasteiger partial charge in [0.15, 0.2) is 16.8 Å². The molecule has 142 valence electrons. The van der Waals surface area contributed by atoms with Crippen LogP contribution in [0.1, 0.15) is 16.2 Å². The lowest BCUT2D eigenvalue weighted by atomic mass is 10.1. The molecule has 0 fully saturated rings. The highest BCUT2D eigenvalue weighted by atomic mass is 32.2. The van der Waals surface area contributed by atoms with E-state index in [2.05, 4.69) is 32.2 Å². The lowest BCUT2D eigenvalue weighted by Crippen LogP contribution is -2.28. The highest BCUT2D eigenvalue weighted by molar-refractivity contribution is 8.13. The Kier molecular flexibility index (Phi) is 4.82. The molecule has 3 aromatic rings. The number of rotatable bonds is 4. The van der Waals surface area contributed by atoms with Crippen LogP contribution in [-0.2, 0) is 0 Å². The first kappa shape index (κ1) is 18.2. The molecule has 0 radical (unpaired) electrons. The monoisotopic (exact) mass is 399 g/mol. The van der Waals surface area contributed by atoms with Crippen molar-refractivity contribution in [3.05, 3.63) is 66.0 Å². The molecular weight excluding hydrogens is 384 g/mol. The second-order valence-corrected chi connectivity index (χ2v) is 7.09. The van der Waals surface area contributed by atoms with Gasteiger partial charge in [-0.3, -0.25) is 4.79 Å². The van der Waals surface area contributed by atoms with Crippen LogP contribution in [0.25, 0.3) is 16.7 Å². The van der Waals surface area contributed by atoms with Crippen molar-refractivity contribution in [3.63, 3.8) is 0 Å². The number of benzene rings is 2. The Balaban J connectivity index is 1.35. The van der Waals surface area contributed by atoms with E-state index in [9.17, 15) is 13.6 Å². The first-order valence-corrected chi connectivity index (χ1v) is 9.39. The molecule has 0 spiro atoms. The van der Waals surface area contributed by atoms with E-state index in [0.717, 1.165) is 17.1 Å². The third kappa shape index (κ3) is 3.61. The van der Waals surface area contributed by atoms with Gasteiger partial charge < -0.3 is 15.6 Å². The number of imidazole rings is 1. The summed E-state index contributed by atoms with van der Waals surface area (Å²) in [7, 11) is 0. The van der Waals surface area contributed by atoms with Crippen molar-refractivity contribution in [2.45, 2.75) is 0 Å². The van der Waals surface area contributed by atoms with E-state index < -0.39 is 11.6 Å². The summed E-state index contributed by atoms with van der Waals surface area (Å²) < 4.78 is 27.3. The molecule has 0 saturated carbocycles. The van der Waals surface area contributed by atoms with Gasteiger partial charge in [-0.05, 0) is 18.2 Å². The van der Waals surface area contributed by atoms with Crippen LogP contribution >= 0.6 is 11.8 Å². The zero-order valence-corrected chi connectivity index (χ0v) is 15.4. The van der Waals surface area contributed by atoms with E-state index in [1.807, 2.05) is 24.3 Å². The topological polar surface area (TPSA) is 82.2 Å². The molecule has 1 aliphatic heterocycles. The predicted molar refractivity (Wildman–Crippen MR) is 107 cm³/mol. The Morgan fingerprint density at radius 2 is 2.07 bits per heavy atom. The van der Waals surface area contributed by atoms with Gasteiger partial charge in [0.2, 0.25) is 0 Å². The molecule has 1 aliphatic rings. The number of thioether (sulfide) groups is 1.